The Balaban J connectivity index is 1.37. The molecule has 12 heteroatoms. The van der Waals surface area contributed by atoms with Crippen molar-refractivity contribution in [3.63, 3.8) is 0 Å². The SMILES string of the molecule is C[C@H]1CCCN(Cc2cc(NC(=O)c3cc(-c4ccc(F)cc4-c4nncn4C)cc(C4CC4)n3)c(N)c(C(F)(F)F)c2)C1. The molecule has 1 saturated heterocycles. The van der Waals surface area contributed by atoms with Crippen LogP contribution in [0.4, 0.5) is 28.9 Å². The van der Waals surface area contributed by atoms with Crippen molar-refractivity contribution >= 4 is 17.3 Å². The number of nitrogen functional groups attached to an aromatic ring is 1. The Morgan fingerprint density at radius 1 is 1.09 bits per heavy atom. The summed E-state index contributed by atoms with van der Waals surface area (Å²) in [5, 5.41) is 10.7. The van der Waals surface area contributed by atoms with Crippen LogP contribution in [0.2, 0.25) is 0 Å². The first-order valence-electron chi connectivity index (χ1n) is 14.7. The molecule has 0 radical (unpaired) electrons. The number of aromatic nitrogens is 4. The summed E-state index contributed by atoms with van der Waals surface area (Å²) in [5.74, 6) is -0.121. The van der Waals surface area contributed by atoms with Gasteiger partial charge in [-0.05, 0) is 91.2 Å². The van der Waals surface area contributed by atoms with E-state index in [9.17, 15) is 22.4 Å². The van der Waals surface area contributed by atoms with E-state index in [1.165, 1.54) is 24.5 Å². The van der Waals surface area contributed by atoms with Gasteiger partial charge < -0.3 is 15.6 Å². The van der Waals surface area contributed by atoms with Gasteiger partial charge in [-0.15, -0.1) is 10.2 Å². The third kappa shape index (κ3) is 6.30. The summed E-state index contributed by atoms with van der Waals surface area (Å²) in [5.41, 5.74) is 7.14. The second kappa shape index (κ2) is 11.6. The van der Waals surface area contributed by atoms with Crippen LogP contribution in [0.15, 0.2) is 48.8 Å². The Morgan fingerprint density at radius 3 is 2.57 bits per heavy atom. The molecule has 1 atom stereocenters. The van der Waals surface area contributed by atoms with Crippen molar-refractivity contribution < 1.29 is 22.4 Å². The van der Waals surface area contributed by atoms with Crippen LogP contribution < -0.4 is 11.1 Å². The summed E-state index contributed by atoms with van der Waals surface area (Å²) in [4.78, 5) is 20.4. The minimum Gasteiger partial charge on any atom is -0.397 e. The third-order valence-corrected chi connectivity index (χ3v) is 8.26. The number of benzene rings is 2. The van der Waals surface area contributed by atoms with Gasteiger partial charge in [-0.2, -0.15) is 13.2 Å². The molecule has 3 N–H and O–H groups in total. The quantitative estimate of drug-likeness (QED) is 0.180. The van der Waals surface area contributed by atoms with Gasteiger partial charge in [0.15, 0.2) is 5.82 Å². The number of hydrogen-bond donors (Lipinski definition) is 2. The number of carbonyl (C=O) groups is 1. The summed E-state index contributed by atoms with van der Waals surface area (Å²) < 4.78 is 58.2. The smallest absolute Gasteiger partial charge is 0.397 e. The molecule has 2 fully saturated rings. The summed E-state index contributed by atoms with van der Waals surface area (Å²) in [6.45, 7) is 4.01. The number of pyridine rings is 1. The maximum atomic E-state index is 14.4. The molecule has 8 nitrogen and oxygen atoms in total. The second-order valence-electron chi connectivity index (χ2n) is 11.9. The van der Waals surface area contributed by atoms with Gasteiger partial charge >= 0.3 is 6.18 Å². The number of halogens is 4. The molecule has 1 aliphatic carbocycles. The van der Waals surface area contributed by atoms with Crippen LogP contribution in [-0.2, 0) is 19.8 Å². The molecule has 1 amide bonds. The monoisotopic (exact) mass is 607 g/mol. The number of likely N-dealkylation sites (tertiary alicyclic amines) is 1. The van der Waals surface area contributed by atoms with E-state index in [0.717, 1.165) is 44.8 Å². The fourth-order valence-electron chi connectivity index (χ4n) is 5.91. The van der Waals surface area contributed by atoms with Gasteiger partial charge in [0.05, 0.1) is 16.9 Å². The molecule has 0 spiro atoms. The lowest BCUT2D eigenvalue weighted by Gasteiger charge is -2.31. The van der Waals surface area contributed by atoms with Crippen molar-refractivity contribution in [1.29, 1.82) is 0 Å². The van der Waals surface area contributed by atoms with Crippen LogP contribution >= 0.6 is 0 Å². The molecule has 2 aromatic heterocycles. The summed E-state index contributed by atoms with van der Waals surface area (Å²) in [6, 6.07) is 10.3. The van der Waals surface area contributed by atoms with Crippen LogP contribution in [0.25, 0.3) is 22.5 Å². The zero-order chi connectivity index (χ0) is 31.2. The highest BCUT2D eigenvalue weighted by Crippen LogP contribution is 2.42. The first-order chi connectivity index (χ1) is 21.0. The number of carbonyl (C=O) groups excluding carboxylic acids is 1. The standard InChI is InChI=1S/C32H33F4N7O/c1-18-4-3-9-43(15-18)16-19-10-25(32(34,35)36)29(37)27(11-19)40-31(44)28-13-21(12-26(39-28)20-5-6-20)23-8-7-22(33)14-24(23)30-41-38-17-42(30)2/h7-8,10-14,17-18,20H,3-6,9,15-16,37H2,1-2H3,(H,40,44)/t18-/m0/s1. The lowest BCUT2D eigenvalue weighted by Crippen LogP contribution is -2.33. The van der Waals surface area contributed by atoms with E-state index >= 15 is 0 Å². The highest BCUT2D eigenvalue weighted by molar-refractivity contribution is 6.05. The van der Waals surface area contributed by atoms with Crippen LogP contribution in [0, 0.1) is 11.7 Å². The van der Waals surface area contributed by atoms with Crippen molar-refractivity contribution in [3.8, 4) is 22.5 Å². The van der Waals surface area contributed by atoms with Crippen LogP contribution in [-0.4, -0.2) is 43.6 Å². The van der Waals surface area contributed by atoms with Crippen LogP contribution in [0.3, 0.4) is 0 Å². The number of hydrogen-bond acceptors (Lipinski definition) is 6. The number of aryl methyl sites for hydroxylation is 1. The van der Waals surface area contributed by atoms with E-state index < -0.39 is 29.2 Å². The number of nitrogens with one attached hydrogen (secondary N) is 1. The summed E-state index contributed by atoms with van der Waals surface area (Å²) in [7, 11) is 1.74. The van der Waals surface area contributed by atoms with Gasteiger partial charge in [0, 0.05) is 37.3 Å². The molecule has 0 bridgehead atoms. The number of nitrogens with two attached hydrogens (primary N) is 1. The largest absolute Gasteiger partial charge is 0.418 e. The predicted molar refractivity (Wildman–Crippen MR) is 159 cm³/mol. The highest BCUT2D eigenvalue weighted by atomic mass is 19.4. The minimum absolute atomic E-state index is 0.0147. The molecule has 0 unspecified atom stereocenters. The molecule has 44 heavy (non-hydrogen) atoms. The molecule has 1 saturated carbocycles. The number of piperidine rings is 1. The average Bonchev–Trinajstić information content (AvgIpc) is 3.74. The Bertz CT molecular complexity index is 1710. The Hall–Kier alpha value is -4.32. The van der Waals surface area contributed by atoms with Gasteiger partial charge in [0.1, 0.15) is 17.8 Å². The van der Waals surface area contributed by atoms with E-state index in [1.807, 2.05) is 6.07 Å². The maximum absolute atomic E-state index is 14.4. The van der Waals surface area contributed by atoms with Crippen molar-refractivity contribution in [2.75, 3.05) is 24.1 Å². The van der Waals surface area contributed by atoms with E-state index in [2.05, 4.69) is 32.3 Å². The first kappa shape index (κ1) is 29.7. The van der Waals surface area contributed by atoms with Gasteiger partial charge in [-0.25, -0.2) is 9.37 Å². The number of rotatable bonds is 7. The minimum atomic E-state index is -4.70. The number of amides is 1. The topological polar surface area (TPSA) is 102 Å². The van der Waals surface area contributed by atoms with E-state index in [0.29, 0.717) is 46.2 Å². The molecule has 2 aromatic carbocycles. The van der Waals surface area contributed by atoms with E-state index in [1.54, 1.807) is 23.7 Å². The van der Waals surface area contributed by atoms with Crippen molar-refractivity contribution in [1.82, 2.24) is 24.6 Å². The normalized spacial score (nSPS) is 17.5. The maximum Gasteiger partial charge on any atom is 0.418 e. The average molecular weight is 608 g/mol. The molecule has 4 aromatic rings. The Labute approximate surface area is 252 Å². The Morgan fingerprint density at radius 2 is 1.89 bits per heavy atom. The summed E-state index contributed by atoms with van der Waals surface area (Å²) in [6.07, 6.45) is 0.658. The van der Waals surface area contributed by atoms with Crippen LogP contribution in [0.5, 0.6) is 0 Å². The molecule has 230 valence electrons. The van der Waals surface area contributed by atoms with Gasteiger partial charge in [0.2, 0.25) is 0 Å². The first-order valence-corrected chi connectivity index (χ1v) is 14.7. The van der Waals surface area contributed by atoms with Gasteiger partial charge in [0.25, 0.3) is 5.91 Å². The zero-order valence-electron chi connectivity index (χ0n) is 24.5. The molecular formula is C32H33F4N7O. The molecule has 3 heterocycles. The molecular weight excluding hydrogens is 574 g/mol. The van der Waals surface area contributed by atoms with E-state index in [4.69, 9.17) is 5.73 Å². The molecule has 1 aliphatic heterocycles. The molecule has 2 aliphatic rings. The third-order valence-electron chi connectivity index (χ3n) is 8.26. The summed E-state index contributed by atoms with van der Waals surface area (Å²) >= 11 is 0. The number of alkyl halides is 3. The number of anilines is 2. The lowest BCUT2D eigenvalue weighted by molar-refractivity contribution is -0.136. The predicted octanol–water partition coefficient (Wildman–Crippen LogP) is 6.65. The Kier molecular flexibility index (Phi) is 7.87. The van der Waals surface area contributed by atoms with Crippen molar-refractivity contribution in [3.05, 3.63) is 77.1 Å². The van der Waals surface area contributed by atoms with Gasteiger partial charge in [-0.3, -0.25) is 9.69 Å². The van der Waals surface area contributed by atoms with Crippen molar-refractivity contribution in [2.45, 2.75) is 51.2 Å². The van der Waals surface area contributed by atoms with Crippen molar-refractivity contribution in [2.24, 2.45) is 13.0 Å². The number of nitrogens with zero attached hydrogens (tertiary/aromatic N) is 5. The fraction of sp³-hybridized carbons (Fsp3) is 0.375. The van der Waals surface area contributed by atoms with Gasteiger partial charge in [-0.1, -0.05) is 13.0 Å². The zero-order valence-corrected chi connectivity index (χ0v) is 24.5. The lowest BCUT2D eigenvalue weighted by atomic mass is 9.97. The fourth-order valence-corrected chi connectivity index (χ4v) is 5.91. The molecule has 6 rings (SSSR count). The highest BCUT2D eigenvalue weighted by Gasteiger charge is 2.35. The van der Waals surface area contributed by atoms with Crippen LogP contribution in [0.1, 0.15) is 65.8 Å². The second-order valence-corrected chi connectivity index (χ2v) is 11.9. The van der Waals surface area contributed by atoms with E-state index in [-0.39, 0.29) is 17.3 Å².